The van der Waals surface area contributed by atoms with Gasteiger partial charge in [0.05, 0.1) is 5.69 Å². The standard InChI is InChI=1S/C11H17N3O2S2/c1-8-9(17-13-12-8)10(15)14-5-4-11(2,3)18(16)7-6-14/h4-7H2,1-3H3. The average Bonchev–Trinajstić information content (AvgIpc) is 2.68. The van der Waals surface area contributed by atoms with Crippen LogP contribution in [0.2, 0.25) is 0 Å². The molecule has 1 aromatic heterocycles. The van der Waals surface area contributed by atoms with Gasteiger partial charge in [-0.2, -0.15) is 0 Å². The van der Waals surface area contributed by atoms with Crippen LogP contribution in [0.3, 0.4) is 0 Å². The smallest absolute Gasteiger partial charge is 0.267 e. The van der Waals surface area contributed by atoms with E-state index in [2.05, 4.69) is 9.59 Å². The lowest BCUT2D eigenvalue weighted by molar-refractivity contribution is 0.0768. The zero-order valence-electron chi connectivity index (χ0n) is 10.8. The Morgan fingerprint density at radius 3 is 2.78 bits per heavy atom. The highest BCUT2D eigenvalue weighted by Crippen LogP contribution is 2.23. The van der Waals surface area contributed by atoms with Gasteiger partial charge in [-0.1, -0.05) is 4.49 Å². The molecule has 1 amide bonds. The number of aryl methyl sites for hydroxylation is 1. The third-order valence-corrected chi connectivity index (χ3v) is 6.09. The third-order valence-electron chi connectivity index (χ3n) is 3.28. The van der Waals surface area contributed by atoms with Crippen LogP contribution >= 0.6 is 11.5 Å². The van der Waals surface area contributed by atoms with E-state index in [4.69, 9.17) is 0 Å². The van der Waals surface area contributed by atoms with Gasteiger partial charge in [-0.05, 0) is 38.7 Å². The summed E-state index contributed by atoms with van der Waals surface area (Å²) in [7, 11) is -0.879. The summed E-state index contributed by atoms with van der Waals surface area (Å²) in [5, 5.41) is 3.86. The second kappa shape index (κ2) is 5.05. The lowest BCUT2D eigenvalue weighted by Gasteiger charge is -2.22. The summed E-state index contributed by atoms with van der Waals surface area (Å²) < 4.78 is 15.6. The number of hydrogen-bond acceptors (Lipinski definition) is 5. The number of carbonyl (C=O) groups is 1. The van der Waals surface area contributed by atoms with Crippen molar-refractivity contribution in [2.75, 3.05) is 18.8 Å². The number of amides is 1. The Labute approximate surface area is 113 Å². The molecule has 0 aliphatic carbocycles. The minimum Gasteiger partial charge on any atom is -0.337 e. The molecule has 7 heteroatoms. The first kappa shape index (κ1) is 13.6. The zero-order valence-corrected chi connectivity index (χ0v) is 12.4. The third kappa shape index (κ3) is 2.61. The molecule has 1 aliphatic rings. The van der Waals surface area contributed by atoms with E-state index >= 15 is 0 Å². The van der Waals surface area contributed by atoms with E-state index in [1.54, 1.807) is 11.8 Å². The van der Waals surface area contributed by atoms with Gasteiger partial charge in [-0.25, -0.2) is 0 Å². The molecule has 0 bridgehead atoms. The molecule has 0 N–H and O–H groups in total. The maximum absolute atomic E-state index is 12.3. The molecule has 1 aromatic rings. The molecule has 1 aliphatic heterocycles. The van der Waals surface area contributed by atoms with Gasteiger partial charge in [0.1, 0.15) is 4.88 Å². The Kier molecular flexibility index (Phi) is 3.82. The van der Waals surface area contributed by atoms with E-state index in [0.717, 1.165) is 18.0 Å². The summed E-state index contributed by atoms with van der Waals surface area (Å²) in [5.74, 6) is 0.515. The van der Waals surface area contributed by atoms with Crippen molar-refractivity contribution < 1.29 is 9.00 Å². The average molecular weight is 287 g/mol. The fraction of sp³-hybridized carbons (Fsp3) is 0.727. The van der Waals surface area contributed by atoms with E-state index in [1.807, 2.05) is 13.8 Å². The fourth-order valence-electron chi connectivity index (χ4n) is 1.87. The minimum absolute atomic E-state index is 0.0304. The van der Waals surface area contributed by atoms with Crippen LogP contribution in [-0.4, -0.2) is 48.2 Å². The van der Waals surface area contributed by atoms with Crippen molar-refractivity contribution in [1.29, 1.82) is 0 Å². The van der Waals surface area contributed by atoms with Crippen LogP contribution in [0.1, 0.15) is 35.6 Å². The molecule has 18 heavy (non-hydrogen) atoms. The summed E-state index contributed by atoms with van der Waals surface area (Å²) in [6.45, 7) is 6.98. The van der Waals surface area contributed by atoms with Gasteiger partial charge in [0.2, 0.25) is 0 Å². The highest BCUT2D eigenvalue weighted by molar-refractivity contribution is 7.86. The predicted octanol–water partition coefficient (Wildman–Crippen LogP) is 1.22. The van der Waals surface area contributed by atoms with Crippen molar-refractivity contribution >= 4 is 28.2 Å². The molecule has 0 spiro atoms. The Bertz CT molecular complexity index is 484. The van der Waals surface area contributed by atoms with E-state index in [-0.39, 0.29) is 10.7 Å². The maximum Gasteiger partial charge on any atom is 0.267 e. The van der Waals surface area contributed by atoms with Crippen molar-refractivity contribution in [1.82, 2.24) is 14.5 Å². The van der Waals surface area contributed by atoms with Crippen molar-refractivity contribution in [3.05, 3.63) is 10.6 Å². The summed E-state index contributed by atoms with van der Waals surface area (Å²) in [4.78, 5) is 14.7. The van der Waals surface area contributed by atoms with Crippen LogP contribution in [-0.2, 0) is 10.8 Å². The molecule has 100 valence electrons. The van der Waals surface area contributed by atoms with Crippen molar-refractivity contribution in [3.63, 3.8) is 0 Å². The predicted molar refractivity (Wildman–Crippen MR) is 72.3 cm³/mol. The van der Waals surface area contributed by atoms with E-state index in [1.165, 1.54) is 0 Å². The number of aromatic nitrogens is 2. The molecular formula is C11H17N3O2S2. The SMILES string of the molecule is Cc1nnsc1C(=O)N1CCS(=O)C(C)(C)CC1. The van der Waals surface area contributed by atoms with Gasteiger partial charge in [-0.3, -0.25) is 9.00 Å². The molecule has 0 aromatic carbocycles. The van der Waals surface area contributed by atoms with Crippen LogP contribution in [0.4, 0.5) is 0 Å². The molecule has 5 nitrogen and oxygen atoms in total. The van der Waals surface area contributed by atoms with Gasteiger partial charge in [0, 0.05) is 34.4 Å². The molecule has 1 atom stereocenters. The molecule has 0 radical (unpaired) electrons. The number of hydrogen-bond donors (Lipinski definition) is 0. The quantitative estimate of drug-likeness (QED) is 0.779. The van der Waals surface area contributed by atoms with Crippen molar-refractivity contribution in [2.24, 2.45) is 0 Å². The normalized spacial score (nSPS) is 23.7. The van der Waals surface area contributed by atoms with Crippen LogP contribution < -0.4 is 0 Å². The number of nitrogens with zero attached hydrogens (tertiary/aromatic N) is 3. The maximum atomic E-state index is 12.3. The molecule has 1 saturated heterocycles. The van der Waals surface area contributed by atoms with E-state index in [0.29, 0.717) is 29.4 Å². The van der Waals surface area contributed by atoms with Crippen molar-refractivity contribution in [2.45, 2.75) is 31.9 Å². The van der Waals surface area contributed by atoms with Crippen molar-refractivity contribution in [3.8, 4) is 0 Å². The second-order valence-electron chi connectivity index (χ2n) is 5.04. The van der Waals surface area contributed by atoms with Gasteiger partial charge in [0.15, 0.2) is 0 Å². The Hall–Kier alpha value is -0.820. The van der Waals surface area contributed by atoms with Crippen LogP contribution in [0, 0.1) is 6.92 Å². The molecular weight excluding hydrogens is 270 g/mol. The highest BCUT2D eigenvalue weighted by Gasteiger charge is 2.32. The summed E-state index contributed by atoms with van der Waals surface area (Å²) >= 11 is 1.13. The zero-order chi connectivity index (χ0) is 13.3. The lowest BCUT2D eigenvalue weighted by atomic mass is 10.1. The Balaban J connectivity index is 2.14. The van der Waals surface area contributed by atoms with Gasteiger partial charge < -0.3 is 4.90 Å². The first-order chi connectivity index (χ1) is 8.42. The number of rotatable bonds is 1. The second-order valence-corrected chi connectivity index (χ2v) is 8.00. The Morgan fingerprint density at radius 1 is 1.44 bits per heavy atom. The number of carbonyl (C=O) groups excluding carboxylic acids is 1. The first-order valence-corrected chi connectivity index (χ1v) is 7.98. The topological polar surface area (TPSA) is 63.2 Å². The first-order valence-electron chi connectivity index (χ1n) is 5.88. The minimum atomic E-state index is -0.879. The fourth-order valence-corrected chi connectivity index (χ4v) is 3.76. The summed E-state index contributed by atoms with van der Waals surface area (Å²) in [6.07, 6.45) is 0.761. The molecule has 0 saturated carbocycles. The monoisotopic (exact) mass is 287 g/mol. The Morgan fingerprint density at radius 2 is 2.17 bits per heavy atom. The van der Waals surface area contributed by atoms with Gasteiger partial charge in [-0.15, -0.1) is 5.10 Å². The molecule has 1 fully saturated rings. The molecule has 2 heterocycles. The van der Waals surface area contributed by atoms with Crippen LogP contribution in [0.25, 0.3) is 0 Å². The lowest BCUT2D eigenvalue weighted by Crippen LogP contribution is -2.33. The van der Waals surface area contributed by atoms with Crippen LogP contribution in [0.15, 0.2) is 0 Å². The molecule has 2 rings (SSSR count). The highest BCUT2D eigenvalue weighted by atomic mass is 32.2. The van der Waals surface area contributed by atoms with Gasteiger partial charge in [0.25, 0.3) is 5.91 Å². The van der Waals surface area contributed by atoms with E-state index < -0.39 is 10.8 Å². The molecule has 1 unspecified atom stereocenters. The van der Waals surface area contributed by atoms with Crippen LogP contribution in [0.5, 0.6) is 0 Å². The summed E-state index contributed by atoms with van der Waals surface area (Å²) in [5.41, 5.74) is 0.676. The van der Waals surface area contributed by atoms with E-state index in [9.17, 15) is 9.00 Å². The van der Waals surface area contributed by atoms with Gasteiger partial charge >= 0.3 is 0 Å². The summed E-state index contributed by atoms with van der Waals surface area (Å²) in [6, 6.07) is 0. The largest absolute Gasteiger partial charge is 0.337 e.